The van der Waals surface area contributed by atoms with Crippen molar-refractivity contribution in [2.45, 2.75) is 18.1 Å². The van der Waals surface area contributed by atoms with Gasteiger partial charge in [0.2, 0.25) is 5.91 Å². The molecular formula is C22H24N4O4S. The molecule has 2 heterocycles. The number of fused-ring (bicyclic) bond motifs is 2. The number of methoxy groups -OCH3 is 1. The van der Waals surface area contributed by atoms with E-state index in [1.54, 1.807) is 23.6 Å². The van der Waals surface area contributed by atoms with Crippen LogP contribution in [0.4, 0.5) is 5.82 Å². The van der Waals surface area contributed by atoms with E-state index in [1.807, 2.05) is 42.5 Å². The van der Waals surface area contributed by atoms with Crippen LogP contribution in [-0.2, 0) is 32.4 Å². The van der Waals surface area contributed by atoms with Gasteiger partial charge in [0.25, 0.3) is 5.91 Å². The number of aromatic nitrogens is 2. The van der Waals surface area contributed by atoms with Gasteiger partial charge in [-0.3, -0.25) is 9.59 Å². The number of carbonyl (C=O) groups excluding carboxylic acids is 2. The number of rotatable bonds is 9. The van der Waals surface area contributed by atoms with Crippen molar-refractivity contribution in [1.82, 2.24) is 15.1 Å². The number of amides is 2. The predicted molar refractivity (Wildman–Crippen MR) is 120 cm³/mol. The van der Waals surface area contributed by atoms with Crippen molar-refractivity contribution in [3.8, 4) is 5.75 Å². The lowest BCUT2D eigenvalue weighted by atomic mass is 10.1. The standard InChI is InChI=1S/C22H24N4O4S/c1-29-9-8-23-20(27)11-26-22(18-13-31-14-19(18)25-26)24-21(28)12-30-17-7-6-15-4-2-3-5-16(15)10-17/h2-7,10H,8-9,11-14H2,1H3,(H,23,27)(H,24,28). The predicted octanol–water partition coefficient (Wildman–Crippen LogP) is 2.56. The van der Waals surface area contributed by atoms with Gasteiger partial charge in [0, 0.05) is 30.7 Å². The molecule has 2 amide bonds. The summed E-state index contributed by atoms with van der Waals surface area (Å²) in [6.07, 6.45) is 0. The maximum atomic E-state index is 12.6. The van der Waals surface area contributed by atoms with E-state index in [9.17, 15) is 9.59 Å². The number of hydrogen-bond acceptors (Lipinski definition) is 6. The third-order valence-electron chi connectivity index (χ3n) is 4.89. The maximum Gasteiger partial charge on any atom is 0.263 e. The van der Waals surface area contributed by atoms with Gasteiger partial charge in [-0.2, -0.15) is 16.9 Å². The molecule has 0 unspecified atom stereocenters. The lowest BCUT2D eigenvalue weighted by Crippen LogP contribution is -2.31. The SMILES string of the molecule is COCCNC(=O)Cn1nc2c(c1NC(=O)COc1ccc3ccccc3c1)CSC2. The molecule has 9 heteroatoms. The second-order valence-corrected chi connectivity index (χ2v) is 8.10. The smallest absolute Gasteiger partial charge is 0.263 e. The molecule has 0 saturated heterocycles. The van der Waals surface area contributed by atoms with E-state index < -0.39 is 0 Å². The highest BCUT2D eigenvalue weighted by Crippen LogP contribution is 2.34. The van der Waals surface area contributed by atoms with E-state index in [2.05, 4.69) is 15.7 Å². The maximum absolute atomic E-state index is 12.6. The molecule has 0 spiro atoms. The third-order valence-corrected chi connectivity index (χ3v) is 5.86. The number of anilines is 1. The lowest BCUT2D eigenvalue weighted by Gasteiger charge is -2.12. The molecule has 162 valence electrons. The van der Waals surface area contributed by atoms with Gasteiger partial charge in [0.05, 0.1) is 12.3 Å². The summed E-state index contributed by atoms with van der Waals surface area (Å²) in [5.74, 6) is 2.23. The third kappa shape index (κ3) is 5.18. The lowest BCUT2D eigenvalue weighted by molar-refractivity contribution is -0.122. The summed E-state index contributed by atoms with van der Waals surface area (Å²) in [4.78, 5) is 24.8. The normalized spacial score (nSPS) is 12.5. The van der Waals surface area contributed by atoms with Crippen molar-refractivity contribution < 1.29 is 19.1 Å². The fourth-order valence-electron chi connectivity index (χ4n) is 3.38. The molecular weight excluding hydrogens is 416 g/mol. The van der Waals surface area contributed by atoms with Gasteiger partial charge in [-0.05, 0) is 22.9 Å². The fourth-order valence-corrected chi connectivity index (χ4v) is 4.41. The Kier molecular flexibility index (Phi) is 6.73. The van der Waals surface area contributed by atoms with E-state index in [0.29, 0.717) is 24.7 Å². The molecule has 0 aliphatic carbocycles. The minimum absolute atomic E-state index is 0.0303. The number of hydrogen-bond donors (Lipinski definition) is 2. The van der Waals surface area contributed by atoms with Crippen molar-refractivity contribution in [1.29, 1.82) is 0 Å². The number of thioether (sulfide) groups is 1. The van der Waals surface area contributed by atoms with Crippen LogP contribution in [-0.4, -0.2) is 48.5 Å². The summed E-state index contributed by atoms with van der Waals surface area (Å²) in [7, 11) is 1.58. The van der Waals surface area contributed by atoms with Crippen molar-refractivity contribution in [2.75, 3.05) is 32.2 Å². The summed E-state index contributed by atoms with van der Waals surface area (Å²) in [6, 6.07) is 13.7. The van der Waals surface area contributed by atoms with E-state index >= 15 is 0 Å². The average Bonchev–Trinajstić information content (AvgIpc) is 3.35. The molecule has 31 heavy (non-hydrogen) atoms. The van der Waals surface area contributed by atoms with E-state index in [1.165, 1.54) is 0 Å². The molecule has 0 saturated carbocycles. The Morgan fingerprint density at radius 1 is 1.13 bits per heavy atom. The van der Waals surface area contributed by atoms with Gasteiger partial charge in [-0.15, -0.1) is 0 Å². The first-order valence-electron chi connectivity index (χ1n) is 9.97. The van der Waals surface area contributed by atoms with Gasteiger partial charge in [0.15, 0.2) is 6.61 Å². The van der Waals surface area contributed by atoms with Crippen LogP contribution in [0.2, 0.25) is 0 Å². The Morgan fingerprint density at radius 2 is 1.97 bits per heavy atom. The summed E-state index contributed by atoms with van der Waals surface area (Å²) in [5, 5.41) is 12.3. The molecule has 3 aromatic rings. The molecule has 1 aromatic heterocycles. The Bertz CT molecular complexity index is 1100. The van der Waals surface area contributed by atoms with Crippen LogP contribution < -0.4 is 15.4 Å². The van der Waals surface area contributed by atoms with E-state index in [-0.39, 0.29) is 25.0 Å². The first-order chi connectivity index (χ1) is 15.1. The Labute approximate surface area is 184 Å². The van der Waals surface area contributed by atoms with Gasteiger partial charge in [-0.1, -0.05) is 30.3 Å². The first kappa shape index (κ1) is 21.2. The highest BCUT2D eigenvalue weighted by molar-refractivity contribution is 7.98. The van der Waals surface area contributed by atoms with Crippen LogP contribution >= 0.6 is 11.8 Å². The van der Waals surface area contributed by atoms with Crippen LogP contribution in [0.15, 0.2) is 42.5 Å². The fraction of sp³-hybridized carbons (Fsp3) is 0.318. The summed E-state index contributed by atoms with van der Waals surface area (Å²) in [5.41, 5.74) is 1.87. The molecule has 0 fully saturated rings. The van der Waals surface area contributed by atoms with Crippen LogP contribution in [0.1, 0.15) is 11.3 Å². The van der Waals surface area contributed by atoms with Crippen molar-refractivity contribution in [3.05, 3.63) is 53.7 Å². The molecule has 2 N–H and O–H groups in total. The monoisotopic (exact) mass is 440 g/mol. The van der Waals surface area contributed by atoms with Crippen LogP contribution in [0, 0.1) is 0 Å². The van der Waals surface area contributed by atoms with Crippen molar-refractivity contribution >= 4 is 40.2 Å². The minimum Gasteiger partial charge on any atom is -0.484 e. The number of nitrogens with one attached hydrogen (secondary N) is 2. The Hall–Kier alpha value is -3.04. The molecule has 0 radical (unpaired) electrons. The molecule has 0 atom stereocenters. The topological polar surface area (TPSA) is 94.5 Å². The van der Waals surface area contributed by atoms with Crippen molar-refractivity contribution in [3.63, 3.8) is 0 Å². The van der Waals surface area contributed by atoms with Crippen LogP contribution in [0.25, 0.3) is 10.8 Å². The number of ether oxygens (including phenoxy) is 2. The Balaban J connectivity index is 1.40. The molecule has 0 bridgehead atoms. The largest absolute Gasteiger partial charge is 0.484 e. The number of carbonyl (C=O) groups is 2. The van der Waals surface area contributed by atoms with Crippen molar-refractivity contribution in [2.24, 2.45) is 0 Å². The second kappa shape index (κ2) is 9.84. The van der Waals surface area contributed by atoms with Gasteiger partial charge in [0.1, 0.15) is 18.1 Å². The highest BCUT2D eigenvalue weighted by Gasteiger charge is 2.25. The second-order valence-electron chi connectivity index (χ2n) is 7.11. The van der Waals surface area contributed by atoms with E-state index in [0.717, 1.165) is 33.5 Å². The minimum atomic E-state index is -0.297. The van der Waals surface area contributed by atoms with Crippen LogP contribution in [0.3, 0.4) is 0 Å². The average molecular weight is 441 g/mol. The number of benzene rings is 2. The zero-order valence-corrected chi connectivity index (χ0v) is 18.0. The highest BCUT2D eigenvalue weighted by atomic mass is 32.2. The molecule has 1 aliphatic rings. The quantitative estimate of drug-likeness (QED) is 0.497. The van der Waals surface area contributed by atoms with Gasteiger partial charge >= 0.3 is 0 Å². The first-order valence-corrected chi connectivity index (χ1v) is 11.1. The zero-order chi connectivity index (χ0) is 21.6. The Morgan fingerprint density at radius 3 is 2.81 bits per heavy atom. The molecule has 1 aliphatic heterocycles. The molecule has 4 rings (SSSR count). The van der Waals surface area contributed by atoms with Gasteiger partial charge < -0.3 is 20.1 Å². The summed E-state index contributed by atoms with van der Waals surface area (Å²) in [6.45, 7) is 0.759. The number of nitrogens with zero attached hydrogens (tertiary/aromatic N) is 2. The zero-order valence-electron chi connectivity index (χ0n) is 17.2. The van der Waals surface area contributed by atoms with Crippen LogP contribution in [0.5, 0.6) is 5.75 Å². The van der Waals surface area contributed by atoms with Gasteiger partial charge in [-0.25, -0.2) is 4.68 Å². The summed E-state index contributed by atoms with van der Waals surface area (Å²) >= 11 is 1.73. The van der Waals surface area contributed by atoms with E-state index in [4.69, 9.17) is 9.47 Å². The summed E-state index contributed by atoms with van der Waals surface area (Å²) < 4.78 is 12.2. The molecule has 8 nitrogen and oxygen atoms in total. The molecule has 2 aromatic carbocycles.